The van der Waals surface area contributed by atoms with Gasteiger partial charge in [0, 0.05) is 12.0 Å². The van der Waals surface area contributed by atoms with Crippen molar-refractivity contribution in [2.24, 2.45) is 5.73 Å². The zero-order valence-corrected chi connectivity index (χ0v) is 8.73. The maximum Gasteiger partial charge on any atom is 0.244 e. The highest BCUT2D eigenvalue weighted by Gasteiger charge is 2.22. The number of allylic oxidation sites excluding steroid dienone is 4. The third kappa shape index (κ3) is 1.23. The molecular formula is C14H11NO. The second-order valence-electron chi connectivity index (χ2n) is 4.07. The van der Waals surface area contributed by atoms with Crippen LogP contribution in [0.3, 0.4) is 0 Å². The summed E-state index contributed by atoms with van der Waals surface area (Å²) in [7, 11) is 0. The topological polar surface area (TPSA) is 43.1 Å². The van der Waals surface area contributed by atoms with E-state index in [1.54, 1.807) is 0 Å². The molecule has 0 fully saturated rings. The van der Waals surface area contributed by atoms with E-state index in [4.69, 9.17) is 5.73 Å². The summed E-state index contributed by atoms with van der Waals surface area (Å²) in [6.07, 6.45) is 6.60. The summed E-state index contributed by atoms with van der Waals surface area (Å²) >= 11 is 0. The van der Waals surface area contributed by atoms with Crippen LogP contribution in [-0.4, -0.2) is 5.91 Å². The molecule has 0 bridgehead atoms. The Kier molecular flexibility index (Phi) is 1.83. The average molecular weight is 209 g/mol. The van der Waals surface area contributed by atoms with Crippen molar-refractivity contribution in [1.82, 2.24) is 0 Å². The monoisotopic (exact) mass is 209 g/mol. The molecule has 0 spiro atoms. The first-order valence-electron chi connectivity index (χ1n) is 5.27. The minimum absolute atomic E-state index is 0.327. The van der Waals surface area contributed by atoms with Gasteiger partial charge >= 0.3 is 0 Å². The Morgan fingerprint density at radius 2 is 2.00 bits per heavy atom. The van der Waals surface area contributed by atoms with Gasteiger partial charge < -0.3 is 5.73 Å². The van der Waals surface area contributed by atoms with E-state index in [2.05, 4.69) is 18.2 Å². The Labute approximate surface area is 93.8 Å². The van der Waals surface area contributed by atoms with Gasteiger partial charge in [0.15, 0.2) is 0 Å². The maximum atomic E-state index is 11.1. The Morgan fingerprint density at radius 3 is 2.81 bits per heavy atom. The van der Waals surface area contributed by atoms with Crippen molar-refractivity contribution in [1.29, 1.82) is 0 Å². The lowest BCUT2D eigenvalue weighted by atomic mass is 9.92. The highest BCUT2D eigenvalue weighted by molar-refractivity contribution is 6.01. The van der Waals surface area contributed by atoms with Crippen molar-refractivity contribution < 1.29 is 4.79 Å². The lowest BCUT2D eigenvalue weighted by molar-refractivity contribution is -0.114. The number of carbonyl (C=O) groups excluding carboxylic acids is 1. The Bertz CT molecular complexity index is 576. The van der Waals surface area contributed by atoms with E-state index in [0.29, 0.717) is 12.0 Å². The summed E-state index contributed by atoms with van der Waals surface area (Å²) in [5.74, 6) is -0.327. The van der Waals surface area contributed by atoms with Gasteiger partial charge in [0.05, 0.1) is 0 Å². The number of fused-ring (bicyclic) bond motifs is 3. The molecule has 2 nitrogen and oxygen atoms in total. The zero-order valence-electron chi connectivity index (χ0n) is 8.73. The lowest BCUT2D eigenvalue weighted by Crippen LogP contribution is -2.15. The summed E-state index contributed by atoms with van der Waals surface area (Å²) in [4.78, 5) is 11.1. The van der Waals surface area contributed by atoms with Gasteiger partial charge in [0.1, 0.15) is 0 Å². The Hall–Kier alpha value is -2.09. The van der Waals surface area contributed by atoms with Crippen molar-refractivity contribution >= 4 is 17.6 Å². The van der Waals surface area contributed by atoms with Crippen molar-refractivity contribution in [3.8, 4) is 0 Å². The Morgan fingerprint density at radius 1 is 1.19 bits per heavy atom. The first kappa shape index (κ1) is 9.16. The van der Waals surface area contributed by atoms with Crippen LogP contribution in [0.2, 0.25) is 0 Å². The van der Waals surface area contributed by atoms with Crippen molar-refractivity contribution in [3.05, 3.63) is 58.7 Å². The number of hydrogen-bond donors (Lipinski definition) is 1. The molecule has 0 atom stereocenters. The number of nitrogens with two attached hydrogens (primary N) is 1. The summed E-state index contributed by atoms with van der Waals surface area (Å²) in [5, 5.41) is 0. The molecule has 0 aliphatic heterocycles. The number of hydrogen-bond acceptors (Lipinski definition) is 1. The van der Waals surface area contributed by atoms with Gasteiger partial charge in [-0.1, -0.05) is 42.5 Å². The van der Waals surface area contributed by atoms with Crippen LogP contribution < -0.4 is 5.73 Å². The van der Waals surface area contributed by atoms with E-state index in [0.717, 1.165) is 0 Å². The van der Waals surface area contributed by atoms with Crippen LogP contribution in [0.25, 0.3) is 11.6 Å². The maximum absolute atomic E-state index is 11.1. The third-order valence-corrected chi connectivity index (χ3v) is 3.08. The molecule has 3 rings (SSSR count). The van der Waals surface area contributed by atoms with Gasteiger partial charge in [-0.2, -0.15) is 0 Å². The highest BCUT2D eigenvalue weighted by atomic mass is 16.1. The molecular weight excluding hydrogens is 198 g/mol. The molecule has 2 heteroatoms. The standard InChI is InChI=1S/C14H11NO/c15-14(16)10-5-6-13-11(8-10)7-9-3-1-2-4-12(9)13/h1-7H,8H2,(H2,15,16). The molecule has 0 radical (unpaired) electrons. The zero-order chi connectivity index (χ0) is 11.1. The van der Waals surface area contributed by atoms with Crippen molar-refractivity contribution in [3.63, 3.8) is 0 Å². The summed E-state index contributed by atoms with van der Waals surface area (Å²) in [5.41, 5.74) is 10.9. The van der Waals surface area contributed by atoms with Gasteiger partial charge in [-0.3, -0.25) is 4.79 Å². The fraction of sp³-hybridized carbons (Fsp3) is 0.0714. The van der Waals surface area contributed by atoms with Crippen LogP contribution in [0, 0.1) is 0 Å². The largest absolute Gasteiger partial charge is 0.366 e. The predicted octanol–water partition coefficient (Wildman–Crippen LogP) is 2.28. The van der Waals surface area contributed by atoms with Crippen LogP contribution in [0.4, 0.5) is 0 Å². The van der Waals surface area contributed by atoms with Crippen LogP contribution in [0.1, 0.15) is 17.5 Å². The normalized spacial score (nSPS) is 16.9. The van der Waals surface area contributed by atoms with E-state index >= 15 is 0 Å². The van der Waals surface area contributed by atoms with E-state index in [1.165, 1.54) is 22.3 Å². The second kappa shape index (κ2) is 3.20. The average Bonchev–Trinajstić information content (AvgIpc) is 2.66. The van der Waals surface area contributed by atoms with Gasteiger partial charge in [0.25, 0.3) is 0 Å². The first-order chi connectivity index (χ1) is 7.75. The molecule has 1 aromatic carbocycles. The molecule has 2 aliphatic carbocycles. The SMILES string of the molecule is NC(=O)C1=CC=C2C(=Cc3ccccc32)C1. The van der Waals surface area contributed by atoms with E-state index in [1.807, 2.05) is 24.3 Å². The number of primary amides is 1. The van der Waals surface area contributed by atoms with Crippen LogP contribution >= 0.6 is 0 Å². The molecule has 0 unspecified atom stereocenters. The number of amides is 1. The van der Waals surface area contributed by atoms with Crippen LogP contribution in [-0.2, 0) is 4.79 Å². The lowest BCUT2D eigenvalue weighted by Gasteiger charge is -2.12. The van der Waals surface area contributed by atoms with E-state index < -0.39 is 0 Å². The second-order valence-corrected chi connectivity index (χ2v) is 4.07. The van der Waals surface area contributed by atoms with Gasteiger partial charge in [0.2, 0.25) is 5.91 Å². The molecule has 0 saturated carbocycles. The fourth-order valence-corrected chi connectivity index (χ4v) is 2.27. The van der Waals surface area contributed by atoms with Crippen molar-refractivity contribution in [2.75, 3.05) is 0 Å². The quantitative estimate of drug-likeness (QED) is 0.757. The molecule has 2 N–H and O–H groups in total. The summed E-state index contributed by atoms with van der Waals surface area (Å²) in [6, 6.07) is 8.25. The number of rotatable bonds is 1. The fourth-order valence-electron chi connectivity index (χ4n) is 2.27. The minimum Gasteiger partial charge on any atom is -0.366 e. The molecule has 1 amide bonds. The molecule has 1 aromatic rings. The molecule has 2 aliphatic rings. The Balaban J connectivity index is 2.10. The number of carbonyl (C=O) groups is 1. The molecule has 0 heterocycles. The van der Waals surface area contributed by atoms with E-state index in [9.17, 15) is 4.79 Å². The predicted molar refractivity (Wildman–Crippen MR) is 64.3 cm³/mol. The highest BCUT2D eigenvalue weighted by Crippen LogP contribution is 2.40. The molecule has 0 saturated heterocycles. The minimum atomic E-state index is -0.327. The molecule has 78 valence electrons. The third-order valence-electron chi connectivity index (χ3n) is 3.08. The van der Waals surface area contributed by atoms with Gasteiger partial charge in [-0.05, 0) is 22.3 Å². The first-order valence-corrected chi connectivity index (χ1v) is 5.27. The number of benzene rings is 1. The van der Waals surface area contributed by atoms with Gasteiger partial charge in [-0.15, -0.1) is 0 Å². The van der Waals surface area contributed by atoms with Crippen LogP contribution in [0.5, 0.6) is 0 Å². The van der Waals surface area contributed by atoms with Crippen LogP contribution in [0.15, 0.2) is 47.6 Å². The van der Waals surface area contributed by atoms with Gasteiger partial charge in [-0.25, -0.2) is 0 Å². The summed E-state index contributed by atoms with van der Waals surface area (Å²) in [6.45, 7) is 0. The van der Waals surface area contributed by atoms with E-state index in [-0.39, 0.29) is 5.91 Å². The van der Waals surface area contributed by atoms with Crippen molar-refractivity contribution in [2.45, 2.75) is 6.42 Å². The summed E-state index contributed by atoms with van der Waals surface area (Å²) < 4.78 is 0. The smallest absolute Gasteiger partial charge is 0.244 e. The molecule has 16 heavy (non-hydrogen) atoms. The molecule has 0 aromatic heterocycles.